The summed E-state index contributed by atoms with van der Waals surface area (Å²) >= 11 is 0. The lowest BCUT2D eigenvalue weighted by Crippen LogP contribution is -2.48. The number of guanidine groups is 1. The number of amides is 1. The highest BCUT2D eigenvalue weighted by Crippen LogP contribution is 2.27. The predicted molar refractivity (Wildman–Crippen MR) is 108 cm³/mol. The third kappa shape index (κ3) is 5.41. The summed E-state index contributed by atoms with van der Waals surface area (Å²) in [5.41, 5.74) is 6.16. The van der Waals surface area contributed by atoms with Crippen LogP contribution in [-0.4, -0.2) is 67.2 Å². The minimum atomic E-state index is -0.232. The van der Waals surface area contributed by atoms with Crippen LogP contribution < -0.4 is 11.1 Å². The second-order valence-electron chi connectivity index (χ2n) is 7.54. The van der Waals surface area contributed by atoms with Gasteiger partial charge in [0.15, 0.2) is 5.96 Å². The van der Waals surface area contributed by atoms with Gasteiger partial charge in [-0.25, -0.2) is 4.79 Å². The molecule has 2 aliphatic rings. The number of ether oxygens (including phenoxy) is 1. The van der Waals surface area contributed by atoms with E-state index in [4.69, 9.17) is 14.9 Å². The molecule has 0 aromatic carbocycles. The number of aryl methyl sites for hydroxylation is 1. The summed E-state index contributed by atoms with van der Waals surface area (Å²) in [6.45, 7) is 8.25. The van der Waals surface area contributed by atoms with Crippen molar-refractivity contribution in [2.45, 2.75) is 51.6 Å². The molecule has 0 saturated carbocycles. The van der Waals surface area contributed by atoms with E-state index in [9.17, 15) is 4.79 Å². The molecule has 3 N–H and O–H groups in total. The molecule has 28 heavy (non-hydrogen) atoms. The van der Waals surface area contributed by atoms with Gasteiger partial charge in [0.2, 0.25) is 0 Å². The quantitative estimate of drug-likeness (QED) is 0.570. The lowest BCUT2D eigenvalue weighted by atomic mass is 10.1. The number of likely N-dealkylation sites (tertiary alicyclic amines) is 2. The molecule has 2 saturated heterocycles. The SMILES string of the molecule is CCOC(=O)N1CCC(NC(N)=NCC(c2ccc(C)o2)N2CCCC2)CC1. The molecule has 3 rings (SSSR count). The Hall–Kier alpha value is -2.22. The van der Waals surface area contributed by atoms with E-state index in [1.165, 1.54) is 12.8 Å². The van der Waals surface area contributed by atoms with Gasteiger partial charge < -0.3 is 25.1 Å². The lowest BCUT2D eigenvalue weighted by molar-refractivity contribution is 0.0963. The van der Waals surface area contributed by atoms with Gasteiger partial charge in [0.25, 0.3) is 0 Å². The third-order valence-electron chi connectivity index (χ3n) is 5.48. The molecular weight excluding hydrogens is 358 g/mol. The van der Waals surface area contributed by atoms with Crippen molar-refractivity contribution in [3.63, 3.8) is 0 Å². The maximum atomic E-state index is 11.8. The number of piperidine rings is 1. The second kappa shape index (κ2) is 9.82. The van der Waals surface area contributed by atoms with Crippen LogP contribution in [0.2, 0.25) is 0 Å². The van der Waals surface area contributed by atoms with Crippen LogP contribution in [0, 0.1) is 6.92 Å². The highest BCUT2D eigenvalue weighted by molar-refractivity contribution is 5.78. The van der Waals surface area contributed by atoms with Gasteiger partial charge in [0, 0.05) is 19.1 Å². The predicted octanol–water partition coefficient (Wildman–Crippen LogP) is 2.25. The van der Waals surface area contributed by atoms with Crippen LogP contribution in [0.5, 0.6) is 0 Å². The standard InChI is InChI=1S/C20H33N5O3/c1-3-27-20(26)25-12-8-16(9-13-25)23-19(21)22-14-17(24-10-4-5-11-24)18-7-6-15(2)28-18/h6-7,16-17H,3-5,8-14H2,1-2H3,(H3,21,22,23). The number of nitrogens with two attached hydrogens (primary N) is 1. The Kier molecular flexibility index (Phi) is 7.19. The first kappa shape index (κ1) is 20.5. The number of hydrogen-bond acceptors (Lipinski definition) is 5. The topological polar surface area (TPSA) is 96.3 Å². The number of furan rings is 1. The van der Waals surface area contributed by atoms with E-state index in [1.807, 2.05) is 26.0 Å². The molecule has 1 aromatic heterocycles. The number of aliphatic imine (C=N–C) groups is 1. The first-order chi connectivity index (χ1) is 13.6. The minimum Gasteiger partial charge on any atom is -0.465 e. The van der Waals surface area contributed by atoms with Crippen molar-refractivity contribution in [3.05, 3.63) is 23.7 Å². The molecule has 0 aliphatic carbocycles. The molecule has 0 bridgehead atoms. The fraction of sp³-hybridized carbons (Fsp3) is 0.700. The summed E-state index contributed by atoms with van der Waals surface area (Å²) < 4.78 is 10.9. The average Bonchev–Trinajstić information content (AvgIpc) is 3.35. The average molecular weight is 392 g/mol. The van der Waals surface area contributed by atoms with Gasteiger partial charge >= 0.3 is 6.09 Å². The van der Waals surface area contributed by atoms with Gasteiger partial charge in [-0.2, -0.15) is 0 Å². The van der Waals surface area contributed by atoms with Crippen molar-refractivity contribution >= 4 is 12.1 Å². The number of carbonyl (C=O) groups excluding carboxylic acids is 1. The summed E-state index contributed by atoms with van der Waals surface area (Å²) in [5, 5.41) is 3.31. The van der Waals surface area contributed by atoms with Crippen LogP contribution in [0.1, 0.15) is 50.2 Å². The summed E-state index contributed by atoms with van der Waals surface area (Å²) in [6, 6.07) is 4.40. The Bertz CT molecular complexity index is 661. The van der Waals surface area contributed by atoms with E-state index in [0.29, 0.717) is 32.2 Å². The zero-order chi connectivity index (χ0) is 19.9. The summed E-state index contributed by atoms with van der Waals surface area (Å²) in [5.74, 6) is 2.34. The van der Waals surface area contributed by atoms with E-state index in [2.05, 4.69) is 15.2 Å². The summed E-state index contributed by atoms with van der Waals surface area (Å²) in [7, 11) is 0. The van der Waals surface area contributed by atoms with Crippen molar-refractivity contribution in [2.24, 2.45) is 10.7 Å². The Morgan fingerprint density at radius 1 is 1.32 bits per heavy atom. The maximum absolute atomic E-state index is 11.8. The van der Waals surface area contributed by atoms with Gasteiger partial charge in [-0.1, -0.05) is 0 Å². The first-order valence-electron chi connectivity index (χ1n) is 10.4. The van der Waals surface area contributed by atoms with E-state index >= 15 is 0 Å². The van der Waals surface area contributed by atoms with Gasteiger partial charge in [-0.15, -0.1) is 0 Å². The van der Waals surface area contributed by atoms with Crippen LogP contribution in [0.3, 0.4) is 0 Å². The number of nitrogens with one attached hydrogen (secondary N) is 1. The minimum absolute atomic E-state index is 0.127. The zero-order valence-corrected chi connectivity index (χ0v) is 17.0. The Morgan fingerprint density at radius 3 is 2.64 bits per heavy atom. The van der Waals surface area contributed by atoms with E-state index in [-0.39, 0.29) is 18.2 Å². The normalized spacial score (nSPS) is 20.4. The smallest absolute Gasteiger partial charge is 0.409 e. The first-order valence-corrected chi connectivity index (χ1v) is 10.4. The monoisotopic (exact) mass is 391 g/mol. The van der Waals surface area contributed by atoms with Crippen LogP contribution in [-0.2, 0) is 4.74 Å². The molecule has 3 heterocycles. The van der Waals surface area contributed by atoms with Crippen molar-refractivity contribution in [1.82, 2.24) is 15.1 Å². The highest BCUT2D eigenvalue weighted by atomic mass is 16.6. The molecular formula is C20H33N5O3. The zero-order valence-electron chi connectivity index (χ0n) is 17.0. The molecule has 1 amide bonds. The molecule has 8 nitrogen and oxygen atoms in total. The largest absolute Gasteiger partial charge is 0.465 e. The van der Waals surface area contributed by atoms with E-state index in [1.54, 1.807) is 4.90 Å². The maximum Gasteiger partial charge on any atom is 0.409 e. The number of carbonyl (C=O) groups is 1. The highest BCUT2D eigenvalue weighted by Gasteiger charge is 2.26. The molecule has 0 spiro atoms. The van der Waals surface area contributed by atoms with Gasteiger partial charge in [-0.05, 0) is 64.8 Å². The van der Waals surface area contributed by atoms with Gasteiger partial charge in [-0.3, -0.25) is 9.89 Å². The van der Waals surface area contributed by atoms with Gasteiger partial charge in [0.05, 0.1) is 19.2 Å². The van der Waals surface area contributed by atoms with Crippen molar-refractivity contribution in [3.8, 4) is 0 Å². The van der Waals surface area contributed by atoms with E-state index in [0.717, 1.165) is 37.5 Å². The summed E-state index contributed by atoms with van der Waals surface area (Å²) in [6.07, 6.45) is 3.87. The molecule has 156 valence electrons. The molecule has 1 atom stereocenters. The van der Waals surface area contributed by atoms with Crippen LogP contribution in [0.4, 0.5) is 4.79 Å². The fourth-order valence-corrected chi connectivity index (χ4v) is 3.93. The Balaban J connectivity index is 1.52. The third-order valence-corrected chi connectivity index (χ3v) is 5.48. The number of rotatable bonds is 6. The van der Waals surface area contributed by atoms with Crippen molar-refractivity contribution < 1.29 is 13.9 Å². The fourth-order valence-electron chi connectivity index (χ4n) is 3.93. The van der Waals surface area contributed by atoms with Crippen LogP contribution in [0.15, 0.2) is 21.5 Å². The molecule has 0 radical (unpaired) electrons. The van der Waals surface area contributed by atoms with Gasteiger partial charge in [0.1, 0.15) is 11.5 Å². The Labute approximate surface area is 167 Å². The summed E-state index contributed by atoms with van der Waals surface area (Å²) in [4.78, 5) is 20.6. The van der Waals surface area contributed by atoms with Crippen LogP contribution >= 0.6 is 0 Å². The second-order valence-corrected chi connectivity index (χ2v) is 7.54. The molecule has 1 unspecified atom stereocenters. The number of hydrogen-bond donors (Lipinski definition) is 2. The molecule has 8 heteroatoms. The Morgan fingerprint density at radius 2 is 2.04 bits per heavy atom. The lowest BCUT2D eigenvalue weighted by Gasteiger charge is -2.32. The van der Waals surface area contributed by atoms with Crippen LogP contribution in [0.25, 0.3) is 0 Å². The van der Waals surface area contributed by atoms with Crippen molar-refractivity contribution in [2.75, 3.05) is 39.3 Å². The molecule has 2 fully saturated rings. The van der Waals surface area contributed by atoms with Crippen molar-refractivity contribution in [1.29, 1.82) is 0 Å². The number of nitrogens with zero attached hydrogens (tertiary/aromatic N) is 3. The molecule has 2 aliphatic heterocycles. The van der Waals surface area contributed by atoms with E-state index < -0.39 is 0 Å². The molecule has 1 aromatic rings.